The zero-order valence-corrected chi connectivity index (χ0v) is 10.9. The molecule has 18 heavy (non-hydrogen) atoms. The fourth-order valence-corrected chi connectivity index (χ4v) is 3.38. The molecule has 0 aliphatic carbocycles. The maximum Gasteiger partial charge on any atom is 0.131 e. The number of rotatable bonds is 5. The van der Waals surface area contributed by atoms with Gasteiger partial charge in [-0.15, -0.1) is 0 Å². The Balaban J connectivity index is 1.85. The van der Waals surface area contributed by atoms with E-state index in [1.807, 2.05) is 11.8 Å². The molecule has 0 amide bonds. The van der Waals surface area contributed by atoms with E-state index in [0.29, 0.717) is 5.92 Å². The molecule has 0 aromatic heterocycles. The molecule has 1 fully saturated rings. The van der Waals surface area contributed by atoms with Gasteiger partial charge in [0.25, 0.3) is 0 Å². The molecule has 2 nitrogen and oxygen atoms in total. The summed E-state index contributed by atoms with van der Waals surface area (Å²) in [6.07, 6.45) is 0.0298. The van der Waals surface area contributed by atoms with Crippen LogP contribution >= 0.6 is 11.8 Å². The maximum absolute atomic E-state index is 13.4. The monoisotopic (exact) mass is 273 g/mol. The molecule has 1 aromatic rings. The zero-order chi connectivity index (χ0) is 13.0. The number of thioether (sulfide) groups is 1. The molecular weight excluding hydrogens is 256 g/mol. The third-order valence-electron chi connectivity index (χ3n) is 3.13. The largest absolute Gasteiger partial charge is 0.387 e. The van der Waals surface area contributed by atoms with Gasteiger partial charge in [0, 0.05) is 6.54 Å². The van der Waals surface area contributed by atoms with Crippen LogP contribution in [0.1, 0.15) is 18.1 Å². The van der Waals surface area contributed by atoms with Crippen molar-refractivity contribution < 1.29 is 13.9 Å². The molecule has 2 N–H and O–H groups in total. The van der Waals surface area contributed by atoms with Crippen LogP contribution in [0.4, 0.5) is 8.78 Å². The number of hydrogen-bond donors (Lipinski definition) is 2. The summed E-state index contributed by atoms with van der Waals surface area (Å²) in [4.78, 5) is 0. The van der Waals surface area contributed by atoms with Gasteiger partial charge in [0.2, 0.25) is 0 Å². The van der Waals surface area contributed by atoms with Crippen molar-refractivity contribution in [2.45, 2.75) is 12.5 Å². The number of hydrogen-bond acceptors (Lipinski definition) is 3. The number of aliphatic hydroxyl groups is 1. The highest BCUT2D eigenvalue weighted by atomic mass is 32.2. The Kier molecular flexibility index (Phi) is 4.97. The van der Waals surface area contributed by atoms with E-state index in [1.165, 1.54) is 18.2 Å². The summed E-state index contributed by atoms with van der Waals surface area (Å²) >= 11 is 1.92. The Morgan fingerprint density at radius 2 is 2.11 bits per heavy atom. The first-order valence-corrected chi connectivity index (χ1v) is 7.24. The third kappa shape index (κ3) is 3.43. The SMILES string of the molecule is OC(CNCC1CCSC1)c1c(F)cccc1F. The second-order valence-corrected chi connectivity index (χ2v) is 5.69. The molecule has 1 saturated heterocycles. The molecule has 1 heterocycles. The predicted molar refractivity (Wildman–Crippen MR) is 69.6 cm³/mol. The van der Waals surface area contributed by atoms with Crippen molar-refractivity contribution in [2.75, 3.05) is 24.6 Å². The molecule has 2 unspecified atom stereocenters. The van der Waals surface area contributed by atoms with Crippen LogP contribution in [0.15, 0.2) is 18.2 Å². The molecule has 2 rings (SSSR count). The molecule has 1 aliphatic heterocycles. The predicted octanol–water partition coefficient (Wildman–Crippen LogP) is 2.34. The molecule has 0 spiro atoms. The molecule has 1 aromatic carbocycles. The lowest BCUT2D eigenvalue weighted by Gasteiger charge is -2.15. The minimum Gasteiger partial charge on any atom is -0.387 e. The van der Waals surface area contributed by atoms with Gasteiger partial charge in [-0.05, 0) is 42.5 Å². The Bertz CT molecular complexity index is 376. The van der Waals surface area contributed by atoms with Crippen LogP contribution < -0.4 is 5.32 Å². The van der Waals surface area contributed by atoms with Gasteiger partial charge in [0.15, 0.2) is 0 Å². The Morgan fingerprint density at radius 3 is 2.72 bits per heavy atom. The minimum absolute atomic E-state index is 0.180. The van der Waals surface area contributed by atoms with Gasteiger partial charge in [-0.25, -0.2) is 8.78 Å². The number of nitrogens with one attached hydrogen (secondary N) is 1. The van der Waals surface area contributed by atoms with Gasteiger partial charge < -0.3 is 10.4 Å². The van der Waals surface area contributed by atoms with Crippen LogP contribution in [0.3, 0.4) is 0 Å². The van der Waals surface area contributed by atoms with Crippen molar-refractivity contribution in [2.24, 2.45) is 5.92 Å². The second-order valence-electron chi connectivity index (χ2n) is 4.54. The number of aliphatic hydroxyl groups excluding tert-OH is 1. The molecule has 0 saturated carbocycles. The van der Waals surface area contributed by atoms with Crippen molar-refractivity contribution in [3.63, 3.8) is 0 Å². The normalized spacial score (nSPS) is 21.2. The van der Waals surface area contributed by atoms with Crippen LogP contribution in [0, 0.1) is 17.6 Å². The van der Waals surface area contributed by atoms with Crippen LogP contribution in [-0.4, -0.2) is 29.7 Å². The number of benzene rings is 1. The summed E-state index contributed by atoms with van der Waals surface area (Å²) in [5.74, 6) is 1.52. The van der Waals surface area contributed by atoms with E-state index in [9.17, 15) is 13.9 Å². The zero-order valence-electron chi connectivity index (χ0n) is 10.0. The fraction of sp³-hybridized carbons (Fsp3) is 0.538. The molecule has 100 valence electrons. The Hall–Kier alpha value is -0.650. The van der Waals surface area contributed by atoms with Crippen LogP contribution in [0.5, 0.6) is 0 Å². The molecule has 0 bridgehead atoms. The highest BCUT2D eigenvalue weighted by Crippen LogP contribution is 2.23. The van der Waals surface area contributed by atoms with E-state index in [-0.39, 0.29) is 12.1 Å². The van der Waals surface area contributed by atoms with Gasteiger partial charge in [-0.3, -0.25) is 0 Å². The van der Waals surface area contributed by atoms with E-state index in [4.69, 9.17) is 0 Å². The van der Waals surface area contributed by atoms with Gasteiger partial charge in [0.1, 0.15) is 11.6 Å². The van der Waals surface area contributed by atoms with E-state index in [0.717, 1.165) is 24.4 Å². The minimum atomic E-state index is -1.14. The Morgan fingerprint density at radius 1 is 1.39 bits per heavy atom. The van der Waals surface area contributed by atoms with Gasteiger partial charge >= 0.3 is 0 Å². The summed E-state index contributed by atoms with van der Waals surface area (Å²) in [6.45, 7) is 0.971. The standard InChI is InChI=1S/C13H17F2NOS/c14-10-2-1-3-11(15)13(10)12(17)7-16-6-9-4-5-18-8-9/h1-3,9,12,16-17H,4-8H2. The first kappa shape index (κ1) is 13.8. The average molecular weight is 273 g/mol. The Labute approximate surface area is 110 Å². The van der Waals surface area contributed by atoms with E-state index in [1.54, 1.807) is 0 Å². The quantitative estimate of drug-likeness (QED) is 0.863. The summed E-state index contributed by atoms with van der Waals surface area (Å²) in [7, 11) is 0. The second kappa shape index (κ2) is 6.50. The van der Waals surface area contributed by atoms with Gasteiger partial charge in [-0.2, -0.15) is 11.8 Å². The van der Waals surface area contributed by atoms with Crippen LogP contribution in [0.25, 0.3) is 0 Å². The van der Waals surface area contributed by atoms with E-state index in [2.05, 4.69) is 5.32 Å². The summed E-state index contributed by atoms with van der Waals surface area (Å²) in [6, 6.07) is 3.62. The van der Waals surface area contributed by atoms with E-state index >= 15 is 0 Å². The lowest BCUT2D eigenvalue weighted by atomic mass is 10.1. The van der Waals surface area contributed by atoms with Crippen molar-refractivity contribution in [1.82, 2.24) is 5.32 Å². The van der Waals surface area contributed by atoms with Crippen molar-refractivity contribution in [3.05, 3.63) is 35.4 Å². The fourth-order valence-electron chi connectivity index (χ4n) is 2.10. The molecular formula is C13H17F2NOS. The molecule has 0 radical (unpaired) electrons. The van der Waals surface area contributed by atoms with Crippen molar-refractivity contribution in [3.8, 4) is 0 Å². The highest BCUT2D eigenvalue weighted by molar-refractivity contribution is 7.99. The number of halogens is 2. The van der Waals surface area contributed by atoms with Crippen LogP contribution in [0.2, 0.25) is 0 Å². The first-order valence-electron chi connectivity index (χ1n) is 6.09. The van der Waals surface area contributed by atoms with Crippen LogP contribution in [-0.2, 0) is 0 Å². The van der Waals surface area contributed by atoms with Crippen molar-refractivity contribution in [1.29, 1.82) is 0 Å². The van der Waals surface area contributed by atoms with E-state index < -0.39 is 17.7 Å². The third-order valence-corrected chi connectivity index (χ3v) is 4.36. The smallest absolute Gasteiger partial charge is 0.131 e. The maximum atomic E-state index is 13.4. The van der Waals surface area contributed by atoms with Crippen molar-refractivity contribution >= 4 is 11.8 Å². The topological polar surface area (TPSA) is 32.3 Å². The summed E-state index contributed by atoms with van der Waals surface area (Å²) in [5.41, 5.74) is -0.245. The molecule has 5 heteroatoms. The highest BCUT2D eigenvalue weighted by Gasteiger charge is 2.19. The summed E-state index contributed by atoms with van der Waals surface area (Å²) in [5, 5.41) is 12.9. The molecule has 1 aliphatic rings. The average Bonchev–Trinajstić information content (AvgIpc) is 2.82. The summed E-state index contributed by atoms with van der Waals surface area (Å²) < 4.78 is 26.8. The lowest BCUT2D eigenvalue weighted by molar-refractivity contribution is 0.163. The van der Waals surface area contributed by atoms with Gasteiger partial charge in [0.05, 0.1) is 11.7 Å². The lowest BCUT2D eigenvalue weighted by Crippen LogP contribution is -2.28. The molecule has 2 atom stereocenters. The van der Waals surface area contributed by atoms with Gasteiger partial charge in [-0.1, -0.05) is 6.07 Å². The first-order chi connectivity index (χ1) is 8.68.